The second-order valence-electron chi connectivity index (χ2n) is 7.73. The molecule has 0 amide bonds. The van der Waals surface area contributed by atoms with Crippen molar-refractivity contribution in [3.05, 3.63) is 48.9 Å². The minimum atomic E-state index is 0.111. The molecule has 142 valence electrons. The smallest absolute Gasteiger partial charge is 0.161 e. The molecule has 1 aliphatic rings. The number of rotatable bonds is 5. The van der Waals surface area contributed by atoms with Crippen LogP contribution in [-0.4, -0.2) is 39.6 Å². The molecule has 1 aliphatic heterocycles. The summed E-state index contributed by atoms with van der Waals surface area (Å²) < 4.78 is 13.0. The summed E-state index contributed by atoms with van der Waals surface area (Å²) in [7, 11) is 0. The molecule has 1 fully saturated rings. The third kappa shape index (κ3) is 2.90. The summed E-state index contributed by atoms with van der Waals surface area (Å²) in [5.74, 6) is 0.891. The van der Waals surface area contributed by atoms with Crippen LogP contribution < -0.4 is 4.74 Å². The highest BCUT2D eigenvalue weighted by atomic mass is 16.5. The van der Waals surface area contributed by atoms with Crippen LogP contribution in [0, 0.1) is 5.41 Å². The van der Waals surface area contributed by atoms with E-state index < -0.39 is 0 Å². The Hall–Kier alpha value is -2.99. The summed E-state index contributed by atoms with van der Waals surface area (Å²) in [6.45, 7) is 7.17. The van der Waals surface area contributed by atoms with Crippen LogP contribution in [0.1, 0.15) is 13.8 Å². The molecule has 0 N–H and O–H groups in total. The van der Waals surface area contributed by atoms with Gasteiger partial charge in [0.25, 0.3) is 0 Å². The van der Waals surface area contributed by atoms with E-state index in [1.165, 1.54) is 0 Å². The first-order chi connectivity index (χ1) is 13.6. The number of hydrogen-bond donors (Lipinski definition) is 0. The van der Waals surface area contributed by atoms with Gasteiger partial charge < -0.3 is 9.47 Å². The molecular weight excluding hydrogens is 352 g/mol. The van der Waals surface area contributed by atoms with E-state index in [9.17, 15) is 0 Å². The number of ether oxygens (including phenoxy) is 2. The molecular formula is C22H22N4O2. The predicted molar refractivity (Wildman–Crippen MR) is 108 cm³/mol. The molecule has 0 aliphatic carbocycles. The highest BCUT2D eigenvalue weighted by Gasteiger charge is 2.35. The topological polar surface area (TPSA) is 62.1 Å². The first-order valence-electron chi connectivity index (χ1n) is 9.56. The first kappa shape index (κ1) is 17.1. The third-order valence-corrected chi connectivity index (χ3v) is 5.24. The predicted octanol–water partition coefficient (Wildman–Crippen LogP) is 4.08. The second-order valence-corrected chi connectivity index (χ2v) is 7.73. The molecule has 2 aromatic carbocycles. The van der Waals surface area contributed by atoms with Gasteiger partial charge in [-0.15, -0.1) is 0 Å². The van der Waals surface area contributed by atoms with Crippen molar-refractivity contribution in [2.24, 2.45) is 5.41 Å². The van der Waals surface area contributed by atoms with Crippen molar-refractivity contribution in [3.63, 3.8) is 0 Å². The van der Waals surface area contributed by atoms with Gasteiger partial charge in [0.2, 0.25) is 0 Å². The lowest BCUT2D eigenvalue weighted by Gasteiger charge is -2.37. The van der Waals surface area contributed by atoms with E-state index in [4.69, 9.17) is 14.6 Å². The summed E-state index contributed by atoms with van der Waals surface area (Å²) in [5.41, 5.74) is 2.95. The highest BCUT2D eigenvalue weighted by molar-refractivity contribution is 5.95. The van der Waals surface area contributed by atoms with Gasteiger partial charge in [-0.3, -0.25) is 0 Å². The maximum Gasteiger partial charge on any atom is 0.161 e. The van der Waals surface area contributed by atoms with Gasteiger partial charge in [-0.25, -0.2) is 14.6 Å². The lowest BCUT2D eigenvalue weighted by atomic mass is 9.89. The van der Waals surface area contributed by atoms with Crippen LogP contribution in [0.4, 0.5) is 0 Å². The zero-order valence-electron chi connectivity index (χ0n) is 16.1. The Kier molecular flexibility index (Phi) is 4.02. The molecule has 5 rings (SSSR count). The van der Waals surface area contributed by atoms with E-state index >= 15 is 0 Å². The van der Waals surface area contributed by atoms with Crippen molar-refractivity contribution in [1.29, 1.82) is 0 Å². The molecule has 0 radical (unpaired) electrons. The largest absolute Gasteiger partial charge is 0.494 e. The van der Waals surface area contributed by atoms with E-state index in [1.807, 2.05) is 23.9 Å². The Morgan fingerprint density at radius 1 is 1.14 bits per heavy atom. The number of nitrogens with zero attached hydrogens (tertiary/aromatic N) is 4. The maximum atomic E-state index is 5.61. The summed E-state index contributed by atoms with van der Waals surface area (Å²) in [4.78, 5) is 8.73. The number of fused-ring (bicyclic) bond motifs is 2. The van der Waals surface area contributed by atoms with E-state index in [0.29, 0.717) is 6.61 Å². The Bertz CT molecular complexity index is 1160. The monoisotopic (exact) mass is 374 g/mol. The zero-order chi connectivity index (χ0) is 19.1. The lowest BCUT2D eigenvalue weighted by Crippen LogP contribution is -2.43. The zero-order valence-corrected chi connectivity index (χ0v) is 16.1. The van der Waals surface area contributed by atoms with E-state index in [2.05, 4.69) is 47.2 Å². The summed E-state index contributed by atoms with van der Waals surface area (Å²) in [6.07, 6.45) is 3.43. The molecule has 0 spiro atoms. The van der Waals surface area contributed by atoms with Crippen LogP contribution in [0.2, 0.25) is 0 Å². The molecule has 2 aromatic heterocycles. The molecule has 0 unspecified atom stereocenters. The summed E-state index contributed by atoms with van der Waals surface area (Å²) in [6, 6.07) is 12.5. The number of aromatic nitrogens is 4. The quantitative estimate of drug-likeness (QED) is 0.527. The highest BCUT2D eigenvalue weighted by Crippen LogP contribution is 2.33. The average molecular weight is 374 g/mol. The van der Waals surface area contributed by atoms with Crippen molar-refractivity contribution >= 4 is 21.8 Å². The van der Waals surface area contributed by atoms with Crippen molar-refractivity contribution in [1.82, 2.24) is 19.7 Å². The fourth-order valence-corrected chi connectivity index (χ4v) is 3.77. The van der Waals surface area contributed by atoms with Crippen molar-refractivity contribution in [2.45, 2.75) is 20.4 Å². The Morgan fingerprint density at radius 2 is 1.96 bits per heavy atom. The van der Waals surface area contributed by atoms with Crippen molar-refractivity contribution in [3.8, 4) is 17.0 Å². The summed E-state index contributed by atoms with van der Waals surface area (Å²) in [5, 5.41) is 8.18. The van der Waals surface area contributed by atoms with Gasteiger partial charge >= 0.3 is 0 Å². The summed E-state index contributed by atoms with van der Waals surface area (Å²) >= 11 is 0. The Balaban J connectivity index is 1.59. The molecule has 3 heterocycles. The van der Waals surface area contributed by atoms with Gasteiger partial charge in [-0.05, 0) is 35.9 Å². The Labute approximate surface area is 163 Å². The molecule has 6 nitrogen and oxygen atoms in total. The van der Waals surface area contributed by atoms with Gasteiger partial charge in [-0.2, -0.15) is 5.10 Å². The molecule has 28 heavy (non-hydrogen) atoms. The fourth-order valence-electron chi connectivity index (χ4n) is 3.77. The SMILES string of the molecule is CCOc1ccc2cc(-c3nn(CC4(C)COC4)c4ncncc34)ccc2c1. The van der Waals surface area contributed by atoms with E-state index in [0.717, 1.165) is 58.6 Å². The van der Waals surface area contributed by atoms with E-state index in [1.54, 1.807) is 6.33 Å². The lowest BCUT2D eigenvalue weighted by molar-refractivity contribution is -0.111. The van der Waals surface area contributed by atoms with Crippen molar-refractivity contribution < 1.29 is 9.47 Å². The minimum Gasteiger partial charge on any atom is -0.494 e. The number of benzene rings is 2. The van der Waals surface area contributed by atoms with Gasteiger partial charge in [-0.1, -0.05) is 25.1 Å². The normalized spacial score (nSPS) is 15.6. The molecule has 4 aromatic rings. The van der Waals surface area contributed by atoms with Gasteiger partial charge in [0.15, 0.2) is 5.65 Å². The van der Waals surface area contributed by atoms with Crippen LogP contribution in [0.25, 0.3) is 33.1 Å². The van der Waals surface area contributed by atoms with E-state index in [-0.39, 0.29) is 5.41 Å². The molecule has 0 bridgehead atoms. The first-order valence-corrected chi connectivity index (χ1v) is 9.56. The van der Waals surface area contributed by atoms with Gasteiger partial charge in [0, 0.05) is 17.2 Å². The van der Waals surface area contributed by atoms with Gasteiger partial charge in [0.1, 0.15) is 17.8 Å². The molecule has 0 atom stereocenters. The third-order valence-electron chi connectivity index (χ3n) is 5.24. The molecule has 1 saturated heterocycles. The molecule has 6 heteroatoms. The van der Waals surface area contributed by atoms with Crippen LogP contribution in [0.15, 0.2) is 48.9 Å². The number of hydrogen-bond acceptors (Lipinski definition) is 5. The standard InChI is InChI=1S/C22H22N4O2/c1-3-28-18-7-6-15-8-17(5-4-16(15)9-18)20-19-10-23-14-24-21(19)26(25-20)11-22(2)12-27-13-22/h4-10,14H,3,11-13H2,1-2H3. The van der Waals surface area contributed by atoms with Gasteiger partial charge in [0.05, 0.1) is 31.8 Å². The minimum absolute atomic E-state index is 0.111. The second kappa shape index (κ2) is 6.56. The van der Waals surface area contributed by atoms with Crippen LogP contribution >= 0.6 is 0 Å². The Morgan fingerprint density at radius 3 is 2.75 bits per heavy atom. The average Bonchev–Trinajstić information content (AvgIpc) is 3.05. The maximum absolute atomic E-state index is 5.61. The fraction of sp³-hybridized carbons (Fsp3) is 0.318. The van der Waals surface area contributed by atoms with Crippen LogP contribution in [0.3, 0.4) is 0 Å². The molecule has 0 saturated carbocycles. The van der Waals surface area contributed by atoms with Crippen LogP contribution in [-0.2, 0) is 11.3 Å². The van der Waals surface area contributed by atoms with Crippen LogP contribution in [0.5, 0.6) is 5.75 Å². The van der Waals surface area contributed by atoms with Crippen molar-refractivity contribution in [2.75, 3.05) is 19.8 Å².